The summed E-state index contributed by atoms with van der Waals surface area (Å²) >= 11 is 1.54. The van der Waals surface area contributed by atoms with Crippen LogP contribution in [0.5, 0.6) is 0 Å². The summed E-state index contributed by atoms with van der Waals surface area (Å²) in [5.74, 6) is -1.98. The van der Waals surface area contributed by atoms with Crippen LogP contribution >= 0.6 is 11.3 Å². The molecular formula is C26H33F3N4O3S. The molecule has 1 unspecified atom stereocenters. The van der Waals surface area contributed by atoms with Crippen LogP contribution in [-0.2, 0) is 20.9 Å². The van der Waals surface area contributed by atoms with Crippen LogP contribution in [-0.4, -0.2) is 52.4 Å². The number of benzene rings is 1. The number of nitrogens with one attached hydrogen (secondary N) is 2. The van der Waals surface area contributed by atoms with Crippen LogP contribution in [0.1, 0.15) is 57.7 Å². The van der Waals surface area contributed by atoms with E-state index in [0.717, 1.165) is 28.6 Å². The summed E-state index contributed by atoms with van der Waals surface area (Å²) < 4.78 is 41.2. The Balaban J connectivity index is 0.00000186. The number of rotatable bonds is 7. The summed E-state index contributed by atoms with van der Waals surface area (Å²) in [6.07, 6.45) is -4.23. The van der Waals surface area contributed by atoms with Crippen molar-refractivity contribution in [1.82, 2.24) is 20.5 Å². The molecule has 4 rings (SSSR count). The van der Waals surface area contributed by atoms with Gasteiger partial charge < -0.3 is 15.5 Å². The Hall–Kier alpha value is -2.95. The van der Waals surface area contributed by atoms with Crippen LogP contribution in [0.3, 0.4) is 0 Å². The van der Waals surface area contributed by atoms with Gasteiger partial charge in [-0.15, -0.1) is 11.3 Å². The normalized spacial score (nSPS) is 18.9. The molecule has 37 heavy (non-hydrogen) atoms. The Kier molecular flexibility index (Phi) is 8.99. The van der Waals surface area contributed by atoms with Crippen molar-refractivity contribution in [2.75, 3.05) is 6.54 Å². The summed E-state index contributed by atoms with van der Waals surface area (Å²) in [6.45, 7) is 7.41. The smallest absolute Gasteiger partial charge is 0.350 e. The van der Waals surface area contributed by atoms with Crippen molar-refractivity contribution in [3.05, 3.63) is 41.0 Å². The minimum Gasteiger partial charge on any atom is -0.350 e. The lowest BCUT2D eigenvalue weighted by Gasteiger charge is -2.33. The summed E-state index contributed by atoms with van der Waals surface area (Å²) in [5.41, 5.74) is 2.33. The van der Waals surface area contributed by atoms with Crippen LogP contribution in [0, 0.1) is 12.3 Å². The van der Waals surface area contributed by atoms with Crippen LogP contribution < -0.4 is 10.6 Å². The van der Waals surface area contributed by atoms with E-state index >= 15 is 0 Å². The third kappa shape index (κ3) is 6.14. The maximum atomic E-state index is 13.7. The molecule has 2 N–H and O–H groups in total. The van der Waals surface area contributed by atoms with Crippen molar-refractivity contribution in [2.45, 2.75) is 78.2 Å². The topological polar surface area (TPSA) is 91.4 Å². The highest BCUT2D eigenvalue weighted by Gasteiger charge is 2.70. The molecule has 1 saturated heterocycles. The molecule has 1 aliphatic heterocycles. The van der Waals surface area contributed by atoms with E-state index in [1.165, 1.54) is 4.90 Å². The van der Waals surface area contributed by atoms with Crippen LogP contribution in [0.15, 0.2) is 29.8 Å². The van der Waals surface area contributed by atoms with E-state index < -0.39 is 41.4 Å². The minimum atomic E-state index is -4.63. The van der Waals surface area contributed by atoms with Gasteiger partial charge in [-0.25, -0.2) is 4.98 Å². The standard InChI is InChI=1S/C24H27F3N4O3S.C2H6/c1-14-19(35-13-29-14)17-7-5-16(6-8-17)12-28-21(33)18-4-3-11-31(18)22(34)20(30-15(2)32)23(9-10-23)24(25,26)27;1-2/h5-8,13,18,20H,3-4,9-12H2,1-2H3,(H,28,33)(H,30,32);1-2H3/t18?,20-;/m1./s1. The molecule has 0 bridgehead atoms. The predicted molar refractivity (Wildman–Crippen MR) is 136 cm³/mol. The average Bonchev–Trinajstić information content (AvgIpc) is 3.34. The fraction of sp³-hybridized carbons (Fsp3) is 0.538. The van der Waals surface area contributed by atoms with Gasteiger partial charge in [0.1, 0.15) is 12.1 Å². The molecule has 1 saturated carbocycles. The van der Waals surface area contributed by atoms with E-state index in [1.807, 2.05) is 45.0 Å². The molecule has 7 nitrogen and oxygen atoms in total. The number of thiazole rings is 1. The molecule has 0 radical (unpaired) electrons. The summed E-state index contributed by atoms with van der Waals surface area (Å²) in [5, 5.41) is 5.02. The van der Waals surface area contributed by atoms with Crippen molar-refractivity contribution in [3.8, 4) is 10.4 Å². The monoisotopic (exact) mass is 538 g/mol. The number of carbonyl (C=O) groups excluding carboxylic acids is 3. The highest BCUT2D eigenvalue weighted by atomic mass is 32.1. The number of likely N-dealkylation sites (tertiary alicyclic amines) is 1. The van der Waals surface area contributed by atoms with Gasteiger partial charge in [0.15, 0.2) is 0 Å². The Labute approximate surface area is 218 Å². The first-order chi connectivity index (χ1) is 17.5. The highest BCUT2D eigenvalue weighted by Crippen LogP contribution is 2.60. The molecule has 1 aliphatic carbocycles. The lowest BCUT2D eigenvalue weighted by Crippen LogP contribution is -2.59. The average molecular weight is 539 g/mol. The van der Waals surface area contributed by atoms with Gasteiger partial charge in [-0.3, -0.25) is 14.4 Å². The van der Waals surface area contributed by atoms with Crippen LogP contribution in [0.25, 0.3) is 10.4 Å². The van der Waals surface area contributed by atoms with Gasteiger partial charge in [-0.2, -0.15) is 13.2 Å². The molecule has 3 amide bonds. The number of alkyl halides is 3. The number of amides is 3. The largest absolute Gasteiger partial charge is 0.396 e. The summed E-state index contributed by atoms with van der Waals surface area (Å²) in [6, 6.07) is 5.06. The molecular weight excluding hydrogens is 505 g/mol. The van der Waals surface area contributed by atoms with Crippen LogP contribution in [0.4, 0.5) is 13.2 Å². The maximum Gasteiger partial charge on any atom is 0.396 e. The van der Waals surface area contributed by atoms with Gasteiger partial charge in [0.2, 0.25) is 17.7 Å². The molecule has 11 heteroatoms. The molecule has 2 aliphatic rings. The number of hydrogen-bond donors (Lipinski definition) is 2. The second kappa shape index (κ2) is 11.6. The van der Waals surface area contributed by atoms with E-state index in [9.17, 15) is 27.6 Å². The first-order valence-corrected chi connectivity index (χ1v) is 13.3. The first kappa shape index (κ1) is 28.6. The van der Waals surface area contributed by atoms with Crippen molar-refractivity contribution < 1.29 is 27.6 Å². The number of nitrogens with zero attached hydrogens (tertiary/aromatic N) is 2. The zero-order valence-electron chi connectivity index (χ0n) is 21.4. The molecule has 2 fully saturated rings. The van der Waals surface area contributed by atoms with E-state index in [4.69, 9.17) is 0 Å². The van der Waals surface area contributed by atoms with Crippen molar-refractivity contribution in [3.63, 3.8) is 0 Å². The maximum absolute atomic E-state index is 13.7. The van der Waals surface area contributed by atoms with Crippen LogP contribution in [0.2, 0.25) is 0 Å². The lowest BCUT2D eigenvalue weighted by molar-refractivity contribution is -0.199. The van der Waals surface area contributed by atoms with Gasteiger partial charge >= 0.3 is 6.18 Å². The first-order valence-electron chi connectivity index (χ1n) is 12.4. The SMILES string of the molecule is CC.CC(=O)N[C@H](C(=O)N1CCCC1C(=O)NCc1ccc(-c2scnc2C)cc1)C1(C(F)(F)F)CC1. The van der Waals surface area contributed by atoms with Gasteiger partial charge in [-0.05, 0) is 43.7 Å². The van der Waals surface area contributed by atoms with E-state index in [0.29, 0.717) is 12.8 Å². The highest BCUT2D eigenvalue weighted by molar-refractivity contribution is 7.13. The molecule has 1 aromatic carbocycles. The van der Waals surface area contributed by atoms with Crippen molar-refractivity contribution in [2.24, 2.45) is 5.41 Å². The Morgan fingerprint density at radius 2 is 1.84 bits per heavy atom. The molecule has 0 spiro atoms. The van der Waals surface area contributed by atoms with E-state index in [1.54, 1.807) is 16.8 Å². The van der Waals surface area contributed by atoms with Gasteiger partial charge in [0, 0.05) is 20.0 Å². The van der Waals surface area contributed by atoms with Crippen molar-refractivity contribution in [1.29, 1.82) is 0 Å². The Morgan fingerprint density at radius 1 is 1.19 bits per heavy atom. The predicted octanol–water partition coefficient (Wildman–Crippen LogP) is 4.60. The fourth-order valence-corrected chi connectivity index (χ4v) is 5.45. The van der Waals surface area contributed by atoms with E-state index in [2.05, 4.69) is 15.6 Å². The summed E-state index contributed by atoms with van der Waals surface area (Å²) in [4.78, 5) is 44.3. The van der Waals surface area contributed by atoms with Gasteiger partial charge in [0.05, 0.1) is 21.5 Å². The molecule has 202 valence electrons. The second-order valence-electron chi connectivity index (χ2n) is 9.16. The lowest BCUT2D eigenvalue weighted by atomic mass is 9.93. The molecule has 1 aromatic heterocycles. The number of halogens is 3. The number of hydrogen-bond acceptors (Lipinski definition) is 5. The second-order valence-corrected chi connectivity index (χ2v) is 10.0. The minimum absolute atomic E-state index is 0.170. The van der Waals surface area contributed by atoms with Gasteiger partial charge in [0.25, 0.3) is 0 Å². The number of aromatic nitrogens is 1. The van der Waals surface area contributed by atoms with Crippen molar-refractivity contribution >= 4 is 29.1 Å². The van der Waals surface area contributed by atoms with E-state index in [-0.39, 0.29) is 25.9 Å². The number of carbonyl (C=O) groups is 3. The third-order valence-corrected chi connectivity index (χ3v) is 7.74. The fourth-order valence-electron chi connectivity index (χ4n) is 4.64. The third-order valence-electron chi connectivity index (χ3n) is 6.77. The Bertz CT molecular complexity index is 1110. The molecule has 2 aromatic rings. The Morgan fingerprint density at radius 3 is 2.35 bits per heavy atom. The van der Waals surface area contributed by atoms with Gasteiger partial charge in [-0.1, -0.05) is 38.1 Å². The quantitative estimate of drug-likeness (QED) is 0.539. The molecule has 2 heterocycles. The molecule has 2 atom stereocenters. The zero-order chi connectivity index (χ0) is 27.4. The number of aryl methyl sites for hydroxylation is 1. The summed E-state index contributed by atoms with van der Waals surface area (Å²) in [7, 11) is 0. The zero-order valence-corrected chi connectivity index (χ0v) is 22.3.